The van der Waals surface area contributed by atoms with Crippen LogP contribution >= 0.6 is 0 Å². The zero-order valence-electron chi connectivity index (χ0n) is 16.3. The Morgan fingerprint density at radius 1 is 1.26 bits per heavy atom. The Balaban J connectivity index is 1.45. The first-order chi connectivity index (χ1) is 12.9. The second-order valence-corrected chi connectivity index (χ2v) is 8.03. The number of hydrogen-bond donors (Lipinski definition) is 3. The van der Waals surface area contributed by atoms with Crippen LogP contribution in [0.15, 0.2) is 28.8 Å². The summed E-state index contributed by atoms with van der Waals surface area (Å²) < 4.78 is 5.24. The molecule has 1 aromatic heterocycles. The van der Waals surface area contributed by atoms with E-state index in [0.29, 0.717) is 24.3 Å². The molecule has 1 aliphatic heterocycles. The number of amides is 2. The monoisotopic (exact) mass is 371 g/mol. The zero-order valence-corrected chi connectivity index (χ0v) is 16.3. The Morgan fingerprint density at radius 2 is 2.04 bits per heavy atom. The summed E-state index contributed by atoms with van der Waals surface area (Å²) in [4.78, 5) is 16.2. The van der Waals surface area contributed by atoms with Crippen LogP contribution in [0.3, 0.4) is 0 Å². The highest BCUT2D eigenvalue weighted by Crippen LogP contribution is 2.24. The van der Waals surface area contributed by atoms with E-state index < -0.39 is 0 Å². The van der Waals surface area contributed by atoms with Gasteiger partial charge in [-0.2, -0.15) is 4.98 Å². The Kier molecular flexibility index (Phi) is 6.11. The molecule has 1 fully saturated rings. The molecule has 27 heavy (non-hydrogen) atoms. The molecule has 7 heteroatoms. The zero-order chi connectivity index (χ0) is 19.3. The van der Waals surface area contributed by atoms with Gasteiger partial charge >= 0.3 is 6.03 Å². The fraction of sp³-hybridized carbons (Fsp3) is 0.550. The molecule has 0 unspecified atom stereocenters. The molecule has 0 aliphatic carbocycles. The highest BCUT2D eigenvalue weighted by molar-refractivity contribution is 5.73. The molecule has 0 bridgehead atoms. The first-order valence-electron chi connectivity index (χ1n) is 9.60. The normalized spacial score (nSPS) is 17.1. The molecule has 0 saturated carbocycles. The minimum Gasteiger partial charge on any atom is -0.338 e. The maximum Gasteiger partial charge on any atom is 0.315 e. The maximum atomic E-state index is 11.9. The van der Waals surface area contributed by atoms with Gasteiger partial charge in [0.2, 0.25) is 11.7 Å². The van der Waals surface area contributed by atoms with Crippen LogP contribution in [-0.2, 0) is 12.0 Å². The second kappa shape index (κ2) is 8.52. The van der Waals surface area contributed by atoms with Crippen LogP contribution < -0.4 is 16.0 Å². The highest BCUT2D eigenvalue weighted by Gasteiger charge is 2.16. The number of nitrogens with zero attached hydrogens (tertiary/aromatic N) is 2. The van der Waals surface area contributed by atoms with E-state index in [2.05, 4.69) is 59.0 Å². The van der Waals surface area contributed by atoms with Crippen LogP contribution in [0.4, 0.5) is 4.79 Å². The van der Waals surface area contributed by atoms with E-state index in [1.165, 1.54) is 18.4 Å². The van der Waals surface area contributed by atoms with Gasteiger partial charge < -0.3 is 20.5 Å². The van der Waals surface area contributed by atoms with E-state index in [1.54, 1.807) is 0 Å². The summed E-state index contributed by atoms with van der Waals surface area (Å²) in [6, 6.07) is 8.45. The summed E-state index contributed by atoms with van der Waals surface area (Å²) in [7, 11) is 0. The molecule has 0 spiro atoms. The second-order valence-electron chi connectivity index (χ2n) is 8.03. The Labute approximate surface area is 160 Å². The van der Waals surface area contributed by atoms with Gasteiger partial charge in [-0.15, -0.1) is 0 Å². The molecule has 2 heterocycles. The van der Waals surface area contributed by atoms with Crippen molar-refractivity contribution >= 4 is 6.03 Å². The third kappa shape index (κ3) is 5.53. The molecular formula is C20H29N5O2. The predicted octanol–water partition coefficient (Wildman–Crippen LogP) is 2.98. The Bertz CT molecular complexity index is 742. The van der Waals surface area contributed by atoms with Crippen LogP contribution in [0.5, 0.6) is 0 Å². The van der Waals surface area contributed by atoms with Gasteiger partial charge in [0.05, 0.1) is 6.54 Å². The van der Waals surface area contributed by atoms with Crippen molar-refractivity contribution in [2.45, 2.75) is 58.0 Å². The van der Waals surface area contributed by atoms with Crippen molar-refractivity contribution in [3.8, 4) is 11.4 Å². The molecule has 1 saturated heterocycles. The smallest absolute Gasteiger partial charge is 0.315 e. The average Bonchev–Trinajstić information content (AvgIpc) is 3.31. The number of aromatic nitrogens is 2. The molecule has 1 atom stereocenters. The van der Waals surface area contributed by atoms with Crippen LogP contribution in [0.2, 0.25) is 0 Å². The number of carbonyl (C=O) groups is 1. The standard InChI is InChI=1S/C20H29N5O2/c1-20(2,3)15-8-6-14(7-9-15)18-24-17(27-25-18)13-23-19(26)22-12-10-16-5-4-11-21-16/h6-9,16,21H,4-5,10-13H2,1-3H3,(H2,22,23,26)/t16-/m0/s1. The van der Waals surface area contributed by atoms with Crippen molar-refractivity contribution in [3.05, 3.63) is 35.7 Å². The lowest BCUT2D eigenvalue weighted by molar-refractivity contribution is 0.238. The van der Waals surface area contributed by atoms with Gasteiger partial charge in [-0.3, -0.25) is 0 Å². The Morgan fingerprint density at radius 3 is 2.70 bits per heavy atom. The van der Waals surface area contributed by atoms with Crippen LogP contribution in [-0.4, -0.2) is 35.3 Å². The lowest BCUT2D eigenvalue weighted by Crippen LogP contribution is -2.37. The van der Waals surface area contributed by atoms with E-state index in [4.69, 9.17) is 4.52 Å². The SMILES string of the molecule is CC(C)(C)c1ccc(-c2noc(CNC(=O)NCC[C@@H]3CCCN3)n2)cc1. The topological polar surface area (TPSA) is 92.1 Å². The van der Waals surface area contributed by atoms with Crippen molar-refractivity contribution in [2.75, 3.05) is 13.1 Å². The first kappa shape index (κ1) is 19.4. The largest absolute Gasteiger partial charge is 0.338 e. The van der Waals surface area contributed by atoms with Crippen molar-refractivity contribution in [1.29, 1.82) is 0 Å². The van der Waals surface area contributed by atoms with E-state index in [1.807, 2.05) is 12.1 Å². The van der Waals surface area contributed by atoms with Crippen molar-refractivity contribution in [2.24, 2.45) is 0 Å². The van der Waals surface area contributed by atoms with Gasteiger partial charge in [-0.05, 0) is 36.8 Å². The molecule has 2 amide bonds. The number of urea groups is 1. The predicted molar refractivity (Wildman–Crippen MR) is 104 cm³/mol. The lowest BCUT2D eigenvalue weighted by Gasteiger charge is -2.18. The molecule has 3 N–H and O–H groups in total. The quantitative estimate of drug-likeness (QED) is 0.726. The van der Waals surface area contributed by atoms with Gasteiger partial charge in [0, 0.05) is 18.2 Å². The molecule has 3 rings (SSSR count). The van der Waals surface area contributed by atoms with Gasteiger partial charge in [-0.25, -0.2) is 4.79 Å². The molecule has 2 aromatic rings. The number of rotatable bonds is 6. The number of carbonyl (C=O) groups excluding carboxylic acids is 1. The third-order valence-corrected chi connectivity index (χ3v) is 4.82. The van der Waals surface area contributed by atoms with Crippen LogP contribution in [0.1, 0.15) is 51.5 Å². The minimum absolute atomic E-state index is 0.103. The third-order valence-electron chi connectivity index (χ3n) is 4.82. The van der Waals surface area contributed by atoms with Crippen molar-refractivity contribution in [1.82, 2.24) is 26.1 Å². The summed E-state index contributed by atoms with van der Waals surface area (Å²) in [6.07, 6.45) is 3.35. The highest BCUT2D eigenvalue weighted by atomic mass is 16.5. The first-order valence-corrected chi connectivity index (χ1v) is 9.60. The van der Waals surface area contributed by atoms with Gasteiger partial charge in [0.1, 0.15) is 0 Å². The number of nitrogens with one attached hydrogen (secondary N) is 3. The fourth-order valence-electron chi connectivity index (χ4n) is 3.14. The summed E-state index contributed by atoms with van der Waals surface area (Å²) in [5, 5.41) is 13.0. The molecular weight excluding hydrogens is 342 g/mol. The van der Waals surface area contributed by atoms with E-state index in [0.717, 1.165) is 18.5 Å². The fourth-order valence-corrected chi connectivity index (χ4v) is 3.14. The summed E-state index contributed by atoms with van der Waals surface area (Å²) in [5.74, 6) is 0.914. The van der Waals surface area contributed by atoms with E-state index in [9.17, 15) is 4.79 Å². The van der Waals surface area contributed by atoms with Crippen LogP contribution in [0, 0.1) is 0 Å². The number of benzene rings is 1. The van der Waals surface area contributed by atoms with Crippen molar-refractivity contribution in [3.63, 3.8) is 0 Å². The summed E-state index contributed by atoms with van der Waals surface area (Å²) in [6.45, 7) is 8.47. The lowest BCUT2D eigenvalue weighted by atomic mass is 9.87. The van der Waals surface area contributed by atoms with E-state index >= 15 is 0 Å². The summed E-state index contributed by atoms with van der Waals surface area (Å²) in [5.41, 5.74) is 2.25. The maximum absolute atomic E-state index is 11.9. The minimum atomic E-state index is -0.220. The molecule has 1 aliphatic rings. The molecule has 0 radical (unpaired) electrons. The van der Waals surface area contributed by atoms with Gasteiger partial charge in [0.25, 0.3) is 0 Å². The van der Waals surface area contributed by atoms with E-state index in [-0.39, 0.29) is 18.0 Å². The average molecular weight is 371 g/mol. The van der Waals surface area contributed by atoms with Gasteiger partial charge in [-0.1, -0.05) is 50.2 Å². The molecule has 146 valence electrons. The van der Waals surface area contributed by atoms with Gasteiger partial charge in [0.15, 0.2) is 0 Å². The van der Waals surface area contributed by atoms with Crippen LogP contribution in [0.25, 0.3) is 11.4 Å². The number of hydrogen-bond acceptors (Lipinski definition) is 5. The summed E-state index contributed by atoms with van der Waals surface area (Å²) >= 11 is 0. The van der Waals surface area contributed by atoms with Crippen molar-refractivity contribution < 1.29 is 9.32 Å². The Hall–Kier alpha value is -2.41. The molecule has 7 nitrogen and oxygen atoms in total. The molecule has 1 aromatic carbocycles.